The van der Waals surface area contributed by atoms with Gasteiger partial charge in [0.05, 0.1) is 0 Å². The number of imide groups is 1. The normalized spacial score (nSPS) is 18.2. The second kappa shape index (κ2) is 7.12. The molecule has 2 atom stereocenters. The van der Waals surface area contributed by atoms with E-state index in [-0.39, 0.29) is 5.92 Å². The number of nitrogens with two attached hydrogens (primary N) is 1. The SMILES string of the molecule is CC(C)[C@H](OC(=O)c1cc2c(s1)CC[C@H](C)C2)C(=O)NC(N)=O. The van der Waals surface area contributed by atoms with Gasteiger partial charge in [0.1, 0.15) is 4.88 Å². The number of fused-ring (bicyclic) bond motifs is 1. The van der Waals surface area contributed by atoms with Crippen LogP contribution >= 0.6 is 11.3 Å². The molecule has 126 valence electrons. The molecule has 0 fully saturated rings. The molecule has 0 spiro atoms. The van der Waals surface area contributed by atoms with Crippen molar-refractivity contribution in [1.29, 1.82) is 0 Å². The number of nitrogens with one attached hydrogen (secondary N) is 1. The molecular formula is C16H22N2O4S. The Morgan fingerprint density at radius 1 is 1.39 bits per heavy atom. The Balaban J connectivity index is 2.10. The number of hydrogen-bond acceptors (Lipinski definition) is 5. The molecule has 3 amide bonds. The number of thiophene rings is 1. The van der Waals surface area contributed by atoms with Gasteiger partial charge in [0.15, 0.2) is 6.10 Å². The fraction of sp³-hybridized carbons (Fsp3) is 0.562. The number of aryl methyl sites for hydroxylation is 1. The smallest absolute Gasteiger partial charge is 0.349 e. The van der Waals surface area contributed by atoms with E-state index < -0.39 is 24.0 Å². The third-order valence-corrected chi connectivity index (χ3v) is 5.09. The van der Waals surface area contributed by atoms with Gasteiger partial charge in [-0.15, -0.1) is 11.3 Å². The molecule has 1 aromatic heterocycles. The lowest BCUT2D eigenvalue weighted by atomic mass is 9.90. The largest absolute Gasteiger partial charge is 0.448 e. The summed E-state index contributed by atoms with van der Waals surface area (Å²) in [6.07, 6.45) is 2.02. The summed E-state index contributed by atoms with van der Waals surface area (Å²) >= 11 is 1.43. The molecule has 0 saturated carbocycles. The van der Waals surface area contributed by atoms with E-state index in [1.165, 1.54) is 21.8 Å². The lowest BCUT2D eigenvalue weighted by Gasteiger charge is -2.19. The molecule has 1 aromatic rings. The Morgan fingerprint density at radius 2 is 2.09 bits per heavy atom. The van der Waals surface area contributed by atoms with Crippen molar-refractivity contribution in [2.75, 3.05) is 0 Å². The summed E-state index contributed by atoms with van der Waals surface area (Å²) < 4.78 is 5.32. The highest BCUT2D eigenvalue weighted by molar-refractivity contribution is 7.14. The van der Waals surface area contributed by atoms with E-state index in [0.29, 0.717) is 10.8 Å². The van der Waals surface area contributed by atoms with Crippen LogP contribution < -0.4 is 11.1 Å². The van der Waals surface area contributed by atoms with Gasteiger partial charge in [-0.05, 0) is 42.7 Å². The van der Waals surface area contributed by atoms with Crippen LogP contribution in [0.4, 0.5) is 4.79 Å². The van der Waals surface area contributed by atoms with Gasteiger partial charge < -0.3 is 10.5 Å². The van der Waals surface area contributed by atoms with Crippen molar-refractivity contribution in [2.45, 2.75) is 46.1 Å². The zero-order chi connectivity index (χ0) is 17.1. The van der Waals surface area contributed by atoms with Gasteiger partial charge in [0.25, 0.3) is 5.91 Å². The molecule has 7 heteroatoms. The predicted octanol–water partition coefficient (Wildman–Crippen LogP) is 2.25. The van der Waals surface area contributed by atoms with Crippen molar-refractivity contribution in [3.8, 4) is 0 Å². The van der Waals surface area contributed by atoms with E-state index >= 15 is 0 Å². The Hall–Kier alpha value is -1.89. The van der Waals surface area contributed by atoms with E-state index in [2.05, 4.69) is 6.92 Å². The fourth-order valence-electron chi connectivity index (χ4n) is 2.66. The summed E-state index contributed by atoms with van der Waals surface area (Å²) in [6, 6.07) is 0.902. The van der Waals surface area contributed by atoms with Crippen LogP contribution in [0.1, 0.15) is 47.3 Å². The summed E-state index contributed by atoms with van der Waals surface area (Å²) in [5.74, 6) is -0.884. The summed E-state index contributed by atoms with van der Waals surface area (Å²) in [4.78, 5) is 36.8. The summed E-state index contributed by atoms with van der Waals surface area (Å²) in [5, 5.41) is 1.96. The molecule has 0 radical (unpaired) electrons. The Kier molecular flexibility index (Phi) is 5.41. The van der Waals surface area contributed by atoms with Gasteiger partial charge in [-0.3, -0.25) is 10.1 Å². The molecule has 1 aliphatic carbocycles. The van der Waals surface area contributed by atoms with E-state index in [9.17, 15) is 14.4 Å². The third kappa shape index (κ3) is 4.31. The van der Waals surface area contributed by atoms with Gasteiger partial charge in [0.2, 0.25) is 0 Å². The van der Waals surface area contributed by atoms with Crippen molar-refractivity contribution in [1.82, 2.24) is 5.32 Å². The lowest BCUT2D eigenvalue weighted by Crippen LogP contribution is -2.45. The Bertz CT molecular complexity index is 624. The van der Waals surface area contributed by atoms with Crippen LogP contribution in [0.15, 0.2) is 6.07 Å². The van der Waals surface area contributed by atoms with Crippen molar-refractivity contribution < 1.29 is 19.1 Å². The highest BCUT2D eigenvalue weighted by atomic mass is 32.1. The second-order valence-electron chi connectivity index (χ2n) is 6.33. The maximum Gasteiger partial charge on any atom is 0.349 e. The minimum Gasteiger partial charge on any atom is -0.448 e. The first kappa shape index (κ1) is 17.5. The van der Waals surface area contributed by atoms with Crippen LogP contribution in [0.5, 0.6) is 0 Å². The summed E-state index contributed by atoms with van der Waals surface area (Å²) in [7, 11) is 0. The summed E-state index contributed by atoms with van der Waals surface area (Å²) in [6.45, 7) is 5.67. The number of rotatable bonds is 4. The van der Waals surface area contributed by atoms with Crippen molar-refractivity contribution >= 4 is 29.2 Å². The van der Waals surface area contributed by atoms with E-state index in [1.54, 1.807) is 13.8 Å². The monoisotopic (exact) mass is 338 g/mol. The molecule has 1 heterocycles. The molecule has 2 rings (SSSR count). The molecule has 0 aliphatic heterocycles. The average Bonchev–Trinajstić information content (AvgIpc) is 2.86. The topological polar surface area (TPSA) is 98.5 Å². The first-order valence-corrected chi connectivity index (χ1v) is 8.52. The minimum atomic E-state index is -1.05. The van der Waals surface area contributed by atoms with E-state index in [0.717, 1.165) is 19.3 Å². The molecule has 0 saturated heterocycles. The van der Waals surface area contributed by atoms with Crippen LogP contribution in [0, 0.1) is 11.8 Å². The average molecular weight is 338 g/mol. The van der Waals surface area contributed by atoms with Crippen LogP contribution in [0.25, 0.3) is 0 Å². The maximum absolute atomic E-state index is 12.3. The highest BCUT2D eigenvalue weighted by Crippen LogP contribution is 2.32. The molecule has 3 N–H and O–H groups in total. The van der Waals surface area contributed by atoms with Crippen LogP contribution in [0.2, 0.25) is 0 Å². The Labute approximate surface area is 139 Å². The third-order valence-electron chi connectivity index (χ3n) is 3.87. The second-order valence-corrected chi connectivity index (χ2v) is 7.47. The number of carbonyl (C=O) groups is 3. The molecule has 23 heavy (non-hydrogen) atoms. The van der Waals surface area contributed by atoms with Crippen LogP contribution in [-0.2, 0) is 22.4 Å². The molecule has 0 unspecified atom stereocenters. The minimum absolute atomic E-state index is 0.270. The number of hydrogen-bond donors (Lipinski definition) is 2. The van der Waals surface area contributed by atoms with Crippen LogP contribution in [0.3, 0.4) is 0 Å². The molecule has 0 aromatic carbocycles. The summed E-state index contributed by atoms with van der Waals surface area (Å²) in [5.41, 5.74) is 6.14. The first-order chi connectivity index (χ1) is 10.8. The van der Waals surface area contributed by atoms with E-state index in [4.69, 9.17) is 10.5 Å². The number of primary amides is 1. The number of ether oxygens (including phenoxy) is 1. The van der Waals surface area contributed by atoms with Gasteiger partial charge in [-0.25, -0.2) is 9.59 Å². The van der Waals surface area contributed by atoms with Crippen molar-refractivity contribution in [2.24, 2.45) is 17.6 Å². The number of urea groups is 1. The van der Waals surface area contributed by atoms with E-state index in [1.807, 2.05) is 11.4 Å². The first-order valence-electron chi connectivity index (χ1n) is 7.70. The quantitative estimate of drug-likeness (QED) is 0.823. The number of carbonyl (C=O) groups excluding carboxylic acids is 3. The zero-order valence-corrected chi connectivity index (χ0v) is 14.4. The molecule has 6 nitrogen and oxygen atoms in total. The lowest BCUT2D eigenvalue weighted by molar-refractivity contribution is -0.130. The molecule has 0 bridgehead atoms. The van der Waals surface area contributed by atoms with Crippen LogP contribution in [-0.4, -0.2) is 24.0 Å². The fourth-order valence-corrected chi connectivity index (χ4v) is 3.76. The molecule has 1 aliphatic rings. The highest BCUT2D eigenvalue weighted by Gasteiger charge is 2.29. The van der Waals surface area contributed by atoms with Gasteiger partial charge in [-0.2, -0.15) is 0 Å². The van der Waals surface area contributed by atoms with Crippen molar-refractivity contribution in [3.63, 3.8) is 0 Å². The maximum atomic E-state index is 12.3. The molecular weight excluding hydrogens is 316 g/mol. The number of amides is 3. The Morgan fingerprint density at radius 3 is 2.70 bits per heavy atom. The van der Waals surface area contributed by atoms with Gasteiger partial charge >= 0.3 is 12.0 Å². The standard InChI is InChI=1S/C16H22N2O4S/c1-8(2)13(14(19)18-16(17)21)22-15(20)12-7-10-6-9(3)4-5-11(10)23-12/h7-9,13H,4-6H2,1-3H3,(H3,17,18,19,21)/t9-,13-/m0/s1. The van der Waals surface area contributed by atoms with Gasteiger partial charge in [0, 0.05) is 4.88 Å². The van der Waals surface area contributed by atoms with Crippen molar-refractivity contribution in [3.05, 3.63) is 21.4 Å². The van der Waals surface area contributed by atoms with Gasteiger partial charge in [-0.1, -0.05) is 20.8 Å². The zero-order valence-electron chi connectivity index (χ0n) is 13.5. The predicted molar refractivity (Wildman–Crippen MR) is 87.3 cm³/mol. The number of esters is 1.